The molecule has 21 heavy (non-hydrogen) atoms. The number of aromatic hydroxyl groups is 1. The highest BCUT2D eigenvalue weighted by Gasteiger charge is 2.23. The Hall–Kier alpha value is -1.03. The van der Waals surface area contributed by atoms with Crippen LogP contribution in [0.2, 0.25) is 10.0 Å². The Morgan fingerprint density at radius 1 is 1.19 bits per heavy atom. The SMILES string of the molecule is Oc1cc(Cl)c(Cl)cc1CN1CCC(C2=CC=NC2)CC1. The number of phenolic OH excluding ortho intramolecular Hbond substituents is 1. The molecule has 1 aromatic rings. The predicted octanol–water partition coefficient (Wildman–Crippen LogP) is 3.92. The van der Waals surface area contributed by atoms with Gasteiger partial charge < -0.3 is 5.11 Å². The van der Waals surface area contributed by atoms with Crippen LogP contribution in [0.3, 0.4) is 0 Å². The molecule has 0 unspecified atom stereocenters. The summed E-state index contributed by atoms with van der Waals surface area (Å²) in [5, 5.41) is 10.9. The number of aliphatic imine (C=N–C) groups is 1. The van der Waals surface area contributed by atoms with Gasteiger partial charge in [-0.1, -0.05) is 23.2 Å². The topological polar surface area (TPSA) is 35.8 Å². The number of benzene rings is 1. The molecule has 1 aromatic carbocycles. The normalized spacial score (nSPS) is 20.0. The Balaban J connectivity index is 1.59. The second-order valence-corrected chi connectivity index (χ2v) is 6.49. The van der Waals surface area contributed by atoms with Crippen LogP contribution in [0.5, 0.6) is 5.75 Å². The van der Waals surface area contributed by atoms with Crippen molar-refractivity contribution in [2.45, 2.75) is 19.4 Å². The van der Waals surface area contributed by atoms with Crippen molar-refractivity contribution in [3.05, 3.63) is 39.4 Å². The van der Waals surface area contributed by atoms with Crippen molar-refractivity contribution >= 4 is 29.4 Å². The zero-order valence-corrected chi connectivity index (χ0v) is 13.2. The summed E-state index contributed by atoms with van der Waals surface area (Å²) in [6.45, 7) is 3.65. The summed E-state index contributed by atoms with van der Waals surface area (Å²) in [6.07, 6.45) is 6.37. The van der Waals surface area contributed by atoms with E-state index in [1.807, 2.05) is 6.21 Å². The number of likely N-dealkylation sites (tertiary alicyclic amines) is 1. The van der Waals surface area contributed by atoms with Gasteiger partial charge in [0.25, 0.3) is 0 Å². The monoisotopic (exact) mass is 324 g/mol. The van der Waals surface area contributed by atoms with Gasteiger partial charge in [0.1, 0.15) is 5.75 Å². The maximum Gasteiger partial charge on any atom is 0.121 e. The molecule has 0 saturated carbocycles. The first-order valence-electron chi connectivity index (χ1n) is 7.21. The fraction of sp³-hybridized carbons (Fsp3) is 0.438. The highest BCUT2D eigenvalue weighted by Crippen LogP contribution is 2.32. The van der Waals surface area contributed by atoms with Gasteiger partial charge in [0.05, 0.1) is 16.6 Å². The van der Waals surface area contributed by atoms with E-state index in [-0.39, 0.29) is 5.75 Å². The lowest BCUT2D eigenvalue weighted by atomic mass is 9.89. The van der Waals surface area contributed by atoms with Crippen LogP contribution >= 0.6 is 23.2 Å². The molecule has 0 amide bonds. The Morgan fingerprint density at radius 3 is 2.57 bits per heavy atom. The van der Waals surface area contributed by atoms with E-state index in [0.29, 0.717) is 22.5 Å². The third kappa shape index (κ3) is 3.42. The summed E-state index contributed by atoms with van der Waals surface area (Å²) in [5.74, 6) is 0.879. The van der Waals surface area contributed by atoms with Crippen molar-refractivity contribution in [2.75, 3.05) is 19.6 Å². The van der Waals surface area contributed by atoms with E-state index in [4.69, 9.17) is 23.2 Å². The minimum Gasteiger partial charge on any atom is -0.508 e. The van der Waals surface area contributed by atoms with Gasteiger partial charge in [-0.3, -0.25) is 9.89 Å². The number of rotatable bonds is 3. The van der Waals surface area contributed by atoms with Crippen LogP contribution in [0.15, 0.2) is 28.8 Å². The third-order valence-corrected chi connectivity index (χ3v) is 5.02. The summed E-state index contributed by atoms with van der Waals surface area (Å²) in [7, 11) is 0. The summed E-state index contributed by atoms with van der Waals surface area (Å²) in [6, 6.07) is 3.28. The minimum absolute atomic E-state index is 0.221. The summed E-state index contributed by atoms with van der Waals surface area (Å²) in [4.78, 5) is 6.62. The van der Waals surface area contributed by atoms with Gasteiger partial charge in [-0.25, -0.2) is 0 Å². The van der Waals surface area contributed by atoms with Gasteiger partial charge in [0.2, 0.25) is 0 Å². The number of allylic oxidation sites excluding steroid dienone is 1. The minimum atomic E-state index is 0.221. The molecule has 112 valence electrons. The number of nitrogens with zero attached hydrogens (tertiary/aromatic N) is 2. The lowest BCUT2D eigenvalue weighted by molar-refractivity contribution is 0.189. The molecule has 0 bridgehead atoms. The van der Waals surface area contributed by atoms with Gasteiger partial charge in [-0.15, -0.1) is 0 Å². The molecule has 1 fully saturated rings. The van der Waals surface area contributed by atoms with Crippen LogP contribution in [0.25, 0.3) is 0 Å². The molecule has 0 aromatic heterocycles. The van der Waals surface area contributed by atoms with Gasteiger partial charge in [-0.05, 0) is 49.6 Å². The highest BCUT2D eigenvalue weighted by molar-refractivity contribution is 6.42. The van der Waals surface area contributed by atoms with Crippen LogP contribution < -0.4 is 0 Å². The number of hydrogen-bond acceptors (Lipinski definition) is 3. The van der Waals surface area contributed by atoms with Gasteiger partial charge in [0.15, 0.2) is 0 Å². The number of phenols is 1. The van der Waals surface area contributed by atoms with Crippen molar-refractivity contribution in [1.82, 2.24) is 4.90 Å². The highest BCUT2D eigenvalue weighted by atomic mass is 35.5. The summed E-state index contributed by atoms with van der Waals surface area (Å²) >= 11 is 11.9. The van der Waals surface area contributed by atoms with Crippen LogP contribution in [-0.4, -0.2) is 35.9 Å². The summed E-state index contributed by atoms with van der Waals surface area (Å²) < 4.78 is 0. The van der Waals surface area contributed by atoms with Crippen molar-refractivity contribution in [3.63, 3.8) is 0 Å². The fourth-order valence-corrected chi connectivity index (χ4v) is 3.38. The number of halogens is 2. The van der Waals surface area contributed by atoms with Crippen LogP contribution in [-0.2, 0) is 6.54 Å². The first-order chi connectivity index (χ1) is 10.1. The molecule has 1 N–H and O–H groups in total. The van der Waals surface area contributed by atoms with E-state index in [9.17, 15) is 5.11 Å². The standard InChI is InChI=1S/C16H18Cl2N2O/c17-14-7-13(16(21)8-15(14)18)10-20-5-2-11(3-6-20)12-1-4-19-9-12/h1,4,7-8,11,21H,2-3,5-6,9-10H2. The van der Waals surface area contributed by atoms with E-state index in [1.165, 1.54) is 11.6 Å². The molecule has 0 atom stereocenters. The average molecular weight is 325 g/mol. The molecule has 3 nitrogen and oxygen atoms in total. The predicted molar refractivity (Wildman–Crippen MR) is 87.6 cm³/mol. The molecule has 2 aliphatic heterocycles. The first-order valence-corrected chi connectivity index (χ1v) is 7.97. The lowest BCUT2D eigenvalue weighted by Crippen LogP contribution is -2.34. The smallest absolute Gasteiger partial charge is 0.121 e. The van der Waals surface area contributed by atoms with E-state index < -0.39 is 0 Å². The van der Waals surface area contributed by atoms with Crippen molar-refractivity contribution in [1.29, 1.82) is 0 Å². The number of hydrogen-bond donors (Lipinski definition) is 1. The van der Waals surface area contributed by atoms with Gasteiger partial charge >= 0.3 is 0 Å². The molecule has 1 saturated heterocycles. The zero-order valence-electron chi connectivity index (χ0n) is 11.7. The van der Waals surface area contributed by atoms with E-state index in [2.05, 4.69) is 16.0 Å². The van der Waals surface area contributed by atoms with Crippen molar-refractivity contribution < 1.29 is 5.11 Å². The Bertz CT molecular complexity index is 590. The molecule has 0 aliphatic carbocycles. The molecule has 2 heterocycles. The summed E-state index contributed by atoms with van der Waals surface area (Å²) in [5.41, 5.74) is 2.30. The van der Waals surface area contributed by atoms with Gasteiger partial charge in [0, 0.05) is 24.4 Å². The first kappa shape index (κ1) is 14.9. The van der Waals surface area contributed by atoms with Crippen molar-refractivity contribution in [3.8, 4) is 5.75 Å². The van der Waals surface area contributed by atoms with Crippen LogP contribution in [0.1, 0.15) is 18.4 Å². The fourth-order valence-electron chi connectivity index (χ4n) is 3.03. The maximum absolute atomic E-state index is 9.98. The molecular weight excluding hydrogens is 307 g/mol. The quantitative estimate of drug-likeness (QED) is 0.914. The Labute approximate surface area is 134 Å². The molecule has 0 spiro atoms. The van der Waals surface area contributed by atoms with E-state index >= 15 is 0 Å². The van der Waals surface area contributed by atoms with Gasteiger partial charge in [-0.2, -0.15) is 0 Å². The molecule has 3 rings (SSSR count). The second kappa shape index (κ2) is 6.39. The zero-order chi connectivity index (χ0) is 14.8. The lowest BCUT2D eigenvalue weighted by Gasteiger charge is -2.32. The number of piperidine rings is 1. The van der Waals surface area contributed by atoms with E-state index in [0.717, 1.165) is 38.0 Å². The van der Waals surface area contributed by atoms with Crippen LogP contribution in [0, 0.1) is 5.92 Å². The molecule has 2 aliphatic rings. The van der Waals surface area contributed by atoms with E-state index in [1.54, 1.807) is 6.07 Å². The Kier molecular flexibility index (Phi) is 4.53. The van der Waals surface area contributed by atoms with Crippen molar-refractivity contribution in [2.24, 2.45) is 10.9 Å². The third-order valence-electron chi connectivity index (χ3n) is 4.30. The second-order valence-electron chi connectivity index (χ2n) is 5.68. The molecule has 0 radical (unpaired) electrons. The largest absolute Gasteiger partial charge is 0.508 e. The molecule has 5 heteroatoms. The van der Waals surface area contributed by atoms with Crippen LogP contribution in [0.4, 0.5) is 0 Å². The molecular formula is C16H18Cl2N2O. The maximum atomic E-state index is 9.98. The Morgan fingerprint density at radius 2 is 1.90 bits per heavy atom. The average Bonchev–Trinajstić information content (AvgIpc) is 3.00.